The number of aliphatic hydroxyl groups is 4. The van der Waals surface area contributed by atoms with Crippen molar-refractivity contribution in [2.75, 3.05) is 13.2 Å². The molecule has 0 unspecified atom stereocenters. The van der Waals surface area contributed by atoms with Gasteiger partial charge in [-0.3, -0.25) is 14.4 Å². The SMILES string of the molecule is CC(=O)O.O=C(O)CC(O)(CC(=O)O)C(=O)O.OCC(O)CO. The summed E-state index contributed by atoms with van der Waals surface area (Å²) in [6.45, 7) is 0.354. The molecule has 0 saturated heterocycles. The van der Waals surface area contributed by atoms with Gasteiger partial charge in [-0.15, -0.1) is 0 Å². The molecule has 0 aliphatic rings. The van der Waals surface area contributed by atoms with Crippen molar-refractivity contribution in [1.82, 2.24) is 0 Å². The number of aliphatic carboxylic acids is 4. The lowest BCUT2D eigenvalue weighted by molar-refractivity contribution is -0.170. The fourth-order valence-electron chi connectivity index (χ4n) is 0.772. The van der Waals surface area contributed by atoms with Crippen LogP contribution in [0.1, 0.15) is 19.8 Å². The van der Waals surface area contributed by atoms with Crippen molar-refractivity contribution in [3.8, 4) is 0 Å². The Labute approximate surface area is 129 Å². The van der Waals surface area contributed by atoms with Crippen molar-refractivity contribution in [2.24, 2.45) is 0 Å². The Balaban J connectivity index is -0.000000330. The molecule has 0 aromatic carbocycles. The van der Waals surface area contributed by atoms with Gasteiger partial charge in [-0.25, -0.2) is 4.79 Å². The molecule has 12 heteroatoms. The minimum atomic E-state index is -2.74. The Kier molecular flexibility index (Phi) is 14.9. The van der Waals surface area contributed by atoms with Crippen molar-refractivity contribution in [3.05, 3.63) is 0 Å². The van der Waals surface area contributed by atoms with Crippen LogP contribution in [0.25, 0.3) is 0 Å². The van der Waals surface area contributed by atoms with Gasteiger partial charge in [0.15, 0.2) is 5.60 Å². The molecule has 0 aliphatic carbocycles. The van der Waals surface area contributed by atoms with Crippen molar-refractivity contribution >= 4 is 23.9 Å². The molecule has 0 rings (SSSR count). The molecule has 0 aromatic heterocycles. The van der Waals surface area contributed by atoms with Crippen LogP contribution in [-0.4, -0.2) is 89.6 Å². The molecular formula is C11H20O12. The maximum absolute atomic E-state index is 10.3. The van der Waals surface area contributed by atoms with Crippen molar-refractivity contribution in [3.63, 3.8) is 0 Å². The maximum atomic E-state index is 10.3. The lowest BCUT2D eigenvalue weighted by Gasteiger charge is -2.18. The van der Waals surface area contributed by atoms with Crippen molar-refractivity contribution < 1.29 is 60.0 Å². The molecule has 0 saturated carbocycles. The van der Waals surface area contributed by atoms with Crippen molar-refractivity contribution in [2.45, 2.75) is 31.5 Å². The van der Waals surface area contributed by atoms with Crippen LogP contribution in [0.2, 0.25) is 0 Å². The molecule has 0 atom stereocenters. The third-order valence-electron chi connectivity index (χ3n) is 1.71. The second-order valence-electron chi connectivity index (χ2n) is 4.02. The number of aliphatic hydroxyl groups excluding tert-OH is 3. The number of hydrogen-bond acceptors (Lipinski definition) is 8. The van der Waals surface area contributed by atoms with E-state index in [0.717, 1.165) is 6.92 Å². The van der Waals surface area contributed by atoms with Crippen LogP contribution in [0.4, 0.5) is 0 Å². The Hall–Kier alpha value is -2.28. The molecule has 0 aromatic rings. The van der Waals surface area contributed by atoms with Crippen LogP contribution < -0.4 is 0 Å². The summed E-state index contributed by atoms with van der Waals surface area (Å²) < 4.78 is 0. The van der Waals surface area contributed by atoms with E-state index in [1.165, 1.54) is 0 Å². The number of rotatable bonds is 7. The third-order valence-corrected chi connectivity index (χ3v) is 1.71. The van der Waals surface area contributed by atoms with E-state index in [-0.39, 0.29) is 13.2 Å². The summed E-state index contributed by atoms with van der Waals surface area (Å²) in [6, 6.07) is 0. The first-order chi connectivity index (χ1) is 10.3. The van der Waals surface area contributed by atoms with Crippen molar-refractivity contribution in [1.29, 1.82) is 0 Å². The predicted octanol–water partition coefficient (Wildman–Crippen LogP) is -2.83. The van der Waals surface area contributed by atoms with Crippen LogP contribution in [0, 0.1) is 0 Å². The Morgan fingerprint density at radius 1 is 0.870 bits per heavy atom. The van der Waals surface area contributed by atoms with E-state index < -0.39 is 48.4 Å². The highest BCUT2D eigenvalue weighted by Gasteiger charge is 2.40. The number of carboxylic acid groups (broad SMARTS) is 4. The Morgan fingerprint density at radius 3 is 1.22 bits per heavy atom. The predicted molar refractivity (Wildman–Crippen MR) is 70.6 cm³/mol. The summed E-state index contributed by atoms with van der Waals surface area (Å²) >= 11 is 0. The molecule has 136 valence electrons. The number of carbonyl (C=O) groups is 4. The molecule has 0 spiro atoms. The average Bonchev–Trinajstić information content (AvgIpc) is 2.35. The van der Waals surface area contributed by atoms with E-state index in [0.29, 0.717) is 0 Å². The lowest BCUT2D eigenvalue weighted by atomic mass is 9.96. The van der Waals surface area contributed by atoms with Crippen LogP contribution in [0.3, 0.4) is 0 Å². The number of carboxylic acids is 4. The normalized spacial score (nSPS) is 9.83. The summed E-state index contributed by atoms with van der Waals surface area (Å²) in [7, 11) is 0. The molecule has 23 heavy (non-hydrogen) atoms. The average molecular weight is 344 g/mol. The second kappa shape index (κ2) is 13.4. The molecule has 0 heterocycles. The molecule has 0 amide bonds. The van der Waals surface area contributed by atoms with Crippen LogP contribution in [0.5, 0.6) is 0 Å². The summed E-state index contributed by atoms with van der Waals surface area (Å²) in [5.74, 6) is -5.85. The Bertz CT molecular complexity index is 366. The minimum Gasteiger partial charge on any atom is -0.481 e. The first-order valence-corrected chi connectivity index (χ1v) is 5.81. The molecule has 8 N–H and O–H groups in total. The van der Waals surface area contributed by atoms with Gasteiger partial charge in [0, 0.05) is 6.92 Å². The topological polar surface area (TPSA) is 230 Å². The van der Waals surface area contributed by atoms with Gasteiger partial charge in [0.05, 0.1) is 26.1 Å². The van der Waals surface area contributed by atoms with E-state index in [1.807, 2.05) is 0 Å². The largest absolute Gasteiger partial charge is 0.481 e. The molecular weight excluding hydrogens is 324 g/mol. The van der Waals surface area contributed by atoms with Gasteiger partial charge in [-0.05, 0) is 0 Å². The molecule has 0 aliphatic heterocycles. The molecule has 0 radical (unpaired) electrons. The molecule has 0 bridgehead atoms. The summed E-state index contributed by atoms with van der Waals surface area (Å²) in [4.78, 5) is 39.5. The summed E-state index contributed by atoms with van der Waals surface area (Å²) in [5.41, 5.74) is -2.74. The lowest BCUT2D eigenvalue weighted by Crippen LogP contribution is -2.42. The second-order valence-corrected chi connectivity index (χ2v) is 4.02. The van der Waals surface area contributed by atoms with Crippen LogP contribution in [-0.2, 0) is 19.2 Å². The first-order valence-electron chi connectivity index (χ1n) is 5.81. The van der Waals surface area contributed by atoms with Gasteiger partial charge in [-0.2, -0.15) is 0 Å². The highest BCUT2D eigenvalue weighted by Crippen LogP contribution is 2.15. The summed E-state index contributed by atoms with van der Waals surface area (Å²) in [6.07, 6.45) is -3.24. The minimum absolute atomic E-state index is 0.365. The van der Waals surface area contributed by atoms with Gasteiger partial charge < -0.3 is 40.9 Å². The van der Waals surface area contributed by atoms with Crippen LogP contribution in [0.15, 0.2) is 0 Å². The maximum Gasteiger partial charge on any atom is 0.336 e. The molecule has 12 nitrogen and oxygen atoms in total. The first kappa shape index (κ1) is 25.7. The van der Waals surface area contributed by atoms with E-state index >= 15 is 0 Å². The zero-order chi connectivity index (χ0) is 19.2. The zero-order valence-electron chi connectivity index (χ0n) is 12.1. The number of hydrogen-bond donors (Lipinski definition) is 8. The monoisotopic (exact) mass is 344 g/mol. The zero-order valence-corrected chi connectivity index (χ0v) is 12.1. The van der Waals surface area contributed by atoms with E-state index in [1.54, 1.807) is 0 Å². The highest BCUT2D eigenvalue weighted by molar-refractivity contribution is 5.88. The van der Waals surface area contributed by atoms with Crippen LogP contribution >= 0.6 is 0 Å². The smallest absolute Gasteiger partial charge is 0.336 e. The van der Waals surface area contributed by atoms with Gasteiger partial charge >= 0.3 is 17.9 Å². The van der Waals surface area contributed by atoms with E-state index in [4.69, 9.17) is 45.6 Å². The van der Waals surface area contributed by atoms with E-state index in [2.05, 4.69) is 0 Å². The fourth-order valence-corrected chi connectivity index (χ4v) is 0.772. The Morgan fingerprint density at radius 2 is 1.13 bits per heavy atom. The van der Waals surface area contributed by atoms with Gasteiger partial charge in [0.2, 0.25) is 0 Å². The van der Waals surface area contributed by atoms with Gasteiger partial charge in [-0.1, -0.05) is 0 Å². The highest BCUT2D eigenvalue weighted by atomic mass is 16.4. The van der Waals surface area contributed by atoms with Gasteiger partial charge in [0.25, 0.3) is 5.97 Å². The van der Waals surface area contributed by atoms with Gasteiger partial charge in [0.1, 0.15) is 6.10 Å². The van der Waals surface area contributed by atoms with E-state index in [9.17, 15) is 14.4 Å². The molecule has 0 fully saturated rings. The summed E-state index contributed by atoms with van der Waals surface area (Å²) in [5, 5.41) is 65.2. The quantitative estimate of drug-likeness (QED) is 0.233. The third kappa shape index (κ3) is 19.7. The standard InChI is InChI=1S/C6H8O7.C3H8O3.C2H4O2/c7-3(8)1-6(13,5(11)12)2-4(9)10;4-1-3(6)2-5;1-2(3)4/h13H,1-2H2,(H,7,8)(H,9,10)(H,11,12);3-6H,1-2H2;1H3,(H,3,4). The fraction of sp³-hybridized carbons (Fsp3) is 0.636.